The van der Waals surface area contributed by atoms with Crippen LogP contribution in [0, 0.1) is 0 Å². The van der Waals surface area contributed by atoms with Gasteiger partial charge in [0.1, 0.15) is 5.76 Å². The SMILES string of the molecule is CC1Cc2ccccc2N1Cc1occc1C(=O)N1CCOC(CC(=O)O)C1. The van der Waals surface area contributed by atoms with Gasteiger partial charge >= 0.3 is 5.97 Å². The number of carbonyl (C=O) groups is 2. The smallest absolute Gasteiger partial charge is 0.306 e. The van der Waals surface area contributed by atoms with E-state index >= 15 is 0 Å². The molecule has 1 fully saturated rings. The summed E-state index contributed by atoms with van der Waals surface area (Å²) < 4.78 is 11.1. The lowest BCUT2D eigenvalue weighted by Gasteiger charge is -2.32. The Morgan fingerprint density at radius 2 is 2.07 bits per heavy atom. The number of ether oxygens (including phenoxy) is 1. The molecular weight excluding hydrogens is 360 g/mol. The molecule has 2 aromatic rings. The van der Waals surface area contributed by atoms with Crippen LogP contribution in [0.5, 0.6) is 0 Å². The van der Waals surface area contributed by atoms with Crippen LogP contribution in [0.15, 0.2) is 41.0 Å². The van der Waals surface area contributed by atoms with Gasteiger partial charge in [0.25, 0.3) is 5.91 Å². The first-order valence-electron chi connectivity index (χ1n) is 9.56. The van der Waals surface area contributed by atoms with Crippen molar-refractivity contribution in [3.8, 4) is 0 Å². The molecule has 28 heavy (non-hydrogen) atoms. The van der Waals surface area contributed by atoms with Crippen molar-refractivity contribution in [2.24, 2.45) is 0 Å². The number of rotatable bonds is 5. The average Bonchev–Trinajstić information content (AvgIpc) is 3.26. The number of carboxylic acids is 1. The third-order valence-corrected chi connectivity index (χ3v) is 5.47. The van der Waals surface area contributed by atoms with Gasteiger partial charge in [0, 0.05) is 24.8 Å². The molecule has 148 valence electrons. The Morgan fingerprint density at radius 3 is 2.89 bits per heavy atom. The molecule has 4 rings (SSSR count). The Bertz CT molecular complexity index is 877. The van der Waals surface area contributed by atoms with Crippen molar-refractivity contribution in [3.63, 3.8) is 0 Å². The van der Waals surface area contributed by atoms with Crippen LogP contribution in [0.3, 0.4) is 0 Å². The van der Waals surface area contributed by atoms with Gasteiger partial charge in [0.15, 0.2) is 0 Å². The van der Waals surface area contributed by atoms with Crippen LogP contribution in [0.1, 0.15) is 35.0 Å². The molecule has 7 heteroatoms. The summed E-state index contributed by atoms with van der Waals surface area (Å²) in [5.74, 6) is -0.428. The first-order valence-corrected chi connectivity index (χ1v) is 9.56. The first kappa shape index (κ1) is 18.6. The molecule has 1 saturated heterocycles. The summed E-state index contributed by atoms with van der Waals surface area (Å²) in [6, 6.07) is 10.3. The van der Waals surface area contributed by atoms with Crippen LogP contribution < -0.4 is 4.90 Å². The molecule has 7 nitrogen and oxygen atoms in total. The van der Waals surface area contributed by atoms with E-state index in [1.165, 1.54) is 11.3 Å². The highest BCUT2D eigenvalue weighted by molar-refractivity contribution is 5.95. The number of anilines is 1. The number of nitrogens with zero attached hydrogens (tertiary/aromatic N) is 2. The normalized spacial score (nSPS) is 21.6. The van der Waals surface area contributed by atoms with Crippen molar-refractivity contribution in [2.75, 3.05) is 24.6 Å². The Morgan fingerprint density at radius 1 is 1.25 bits per heavy atom. The van der Waals surface area contributed by atoms with Gasteiger partial charge in [-0.25, -0.2) is 0 Å². The molecule has 0 bridgehead atoms. The Hall–Kier alpha value is -2.80. The minimum atomic E-state index is -0.926. The van der Waals surface area contributed by atoms with Crippen molar-refractivity contribution in [1.82, 2.24) is 4.90 Å². The Kier molecular flexibility index (Phi) is 5.09. The van der Waals surface area contributed by atoms with Crippen LogP contribution in [0.25, 0.3) is 0 Å². The van der Waals surface area contributed by atoms with E-state index in [2.05, 4.69) is 24.0 Å². The van der Waals surface area contributed by atoms with E-state index in [4.69, 9.17) is 14.3 Å². The maximum atomic E-state index is 13.1. The number of hydrogen-bond acceptors (Lipinski definition) is 5. The molecule has 2 aliphatic heterocycles. The minimum absolute atomic E-state index is 0.107. The standard InChI is InChI=1S/C21H24N2O5/c1-14-10-15-4-2-3-5-18(15)23(14)13-19-17(6-8-28-19)21(26)22-7-9-27-16(12-22)11-20(24)25/h2-6,8,14,16H,7,9-13H2,1H3,(H,24,25). The summed E-state index contributed by atoms with van der Waals surface area (Å²) in [6.45, 7) is 3.76. The number of carboxylic acid groups (broad SMARTS) is 1. The summed E-state index contributed by atoms with van der Waals surface area (Å²) in [5, 5.41) is 8.98. The van der Waals surface area contributed by atoms with Crippen molar-refractivity contribution >= 4 is 17.6 Å². The molecule has 1 aromatic heterocycles. The third-order valence-electron chi connectivity index (χ3n) is 5.47. The van der Waals surface area contributed by atoms with Gasteiger partial charge in [-0.1, -0.05) is 18.2 Å². The molecule has 0 radical (unpaired) electrons. The van der Waals surface area contributed by atoms with E-state index < -0.39 is 12.1 Å². The number of benzene rings is 1. The molecule has 1 N–H and O–H groups in total. The van der Waals surface area contributed by atoms with Gasteiger partial charge in [0.05, 0.1) is 37.5 Å². The van der Waals surface area contributed by atoms with Crippen molar-refractivity contribution < 1.29 is 23.8 Å². The van der Waals surface area contributed by atoms with E-state index in [1.807, 2.05) is 12.1 Å². The zero-order chi connectivity index (χ0) is 19.7. The lowest BCUT2D eigenvalue weighted by atomic mass is 10.1. The first-order chi connectivity index (χ1) is 13.5. The minimum Gasteiger partial charge on any atom is -0.481 e. The largest absolute Gasteiger partial charge is 0.481 e. The number of furan rings is 1. The van der Waals surface area contributed by atoms with Crippen LogP contribution >= 0.6 is 0 Å². The quantitative estimate of drug-likeness (QED) is 0.853. The number of fused-ring (bicyclic) bond motifs is 1. The number of carbonyl (C=O) groups excluding carboxylic acids is 1. The van der Waals surface area contributed by atoms with Crippen molar-refractivity contribution in [3.05, 3.63) is 53.5 Å². The van der Waals surface area contributed by atoms with E-state index in [9.17, 15) is 9.59 Å². The molecular formula is C21H24N2O5. The topological polar surface area (TPSA) is 83.2 Å². The molecule has 1 aromatic carbocycles. The fourth-order valence-electron chi connectivity index (χ4n) is 4.07. The predicted molar refractivity (Wildman–Crippen MR) is 102 cm³/mol. The van der Waals surface area contributed by atoms with Gasteiger partial charge in [0.2, 0.25) is 0 Å². The van der Waals surface area contributed by atoms with E-state index in [0.717, 1.165) is 6.42 Å². The second-order valence-electron chi connectivity index (χ2n) is 7.41. The molecule has 1 amide bonds. The maximum absolute atomic E-state index is 13.1. The number of amides is 1. The lowest BCUT2D eigenvalue weighted by Crippen LogP contribution is -2.46. The molecule has 2 unspecified atom stereocenters. The molecule has 2 atom stereocenters. The summed E-state index contributed by atoms with van der Waals surface area (Å²) in [5.41, 5.74) is 3.02. The number of aliphatic carboxylic acids is 1. The van der Waals surface area contributed by atoms with Crippen molar-refractivity contribution in [1.29, 1.82) is 0 Å². The zero-order valence-corrected chi connectivity index (χ0v) is 15.8. The third kappa shape index (κ3) is 3.62. The lowest BCUT2D eigenvalue weighted by molar-refractivity contribution is -0.141. The predicted octanol–water partition coefficient (Wildman–Crippen LogP) is 2.55. The van der Waals surface area contributed by atoms with Crippen LogP contribution in [0.2, 0.25) is 0 Å². The van der Waals surface area contributed by atoms with Crippen molar-refractivity contribution in [2.45, 2.75) is 38.5 Å². The maximum Gasteiger partial charge on any atom is 0.306 e. The van der Waals surface area contributed by atoms with E-state index in [0.29, 0.717) is 37.1 Å². The summed E-state index contributed by atoms with van der Waals surface area (Å²) >= 11 is 0. The fraction of sp³-hybridized carbons (Fsp3) is 0.429. The van der Waals surface area contributed by atoms with E-state index in [-0.39, 0.29) is 18.9 Å². The summed E-state index contributed by atoms with van der Waals surface area (Å²) in [7, 11) is 0. The molecule has 0 aliphatic carbocycles. The van der Waals surface area contributed by atoms with E-state index in [1.54, 1.807) is 17.2 Å². The molecule has 2 aliphatic rings. The van der Waals surface area contributed by atoms with Gasteiger partial charge in [-0.3, -0.25) is 9.59 Å². The Balaban J connectivity index is 1.50. The number of morpholine rings is 1. The monoisotopic (exact) mass is 384 g/mol. The van der Waals surface area contributed by atoms with Crippen LogP contribution in [0.4, 0.5) is 5.69 Å². The second-order valence-corrected chi connectivity index (χ2v) is 7.41. The van der Waals surface area contributed by atoms with Gasteiger partial charge < -0.3 is 24.1 Å². The molecule has 0 spiro atoms. The van der Waals surface area contributed by atoms with Gasteiger partial charge in [-0.2, -0.15) is 0 Å². The number of para-hydroxylation sites is 1. The summed E-state index contributed by atoms with van der Waals surface area (Å²) in [6.07, 6.45) is 1.94. The van der Waals surface area contributed by atoms with Crippen LogP contribution in [-0.2, 0) is 22.5 Å². The van der Waals surface area contributed by atoms with Gasteiger partial charge in [-0.15, -0.1) is 0 Å². The fourth-order valence-corrected chi connectivity index (χ4v) is 4.07. The highest BCUT2D eigenvalue weighted by Gasteiger charge is 2.31. The zero-order valence-electron chi connectivity index (χ0n) is 15.8. The number of hydrogen-bond donors (Lipinski definition) is 1. The highest BCUT2D eigenvalue weighted by Crippen LogP contribution is 2.33. The highest BCUT2D eigenvalue weighted by atomic mass is 16.5. The van der Waals surface area contributed by atoms with Crippen LogP contribution in [-0.4, -0.2) is 53.7 Å². The van der Waals surface area contributed by atoms with Gasteiger partial charge in [-0.05, 0) is 31.0 Å². The Labute approximate surface area is 163 Å². The average molecular weight is 384 g/mol. The molecule has 0 saturated carbocycles. The second kappa shape index (κ2) is 7.67. The summed E-state index contributed by atoms with van der Waals surface area (Å²) in [4.78, 5) is 27.9. The molecule has 3 heterocycles.